The molecule has 0 rings (SSSR count). The van der Waals surface area contributed by atoms with Crippen LogP contribution in [0.1, 0.15) is 71.6 Å². The normalized spacial score (nSPS) is 12.8. The lowest BCUT2D eigenvalue weighted by Crippen LogP contribution is -2.24. The van der Waals surface area contributed by atoms with E-state index in [0.717, 1.165) is 31.7 Å². The van der Waals surface area contributed by atoms with Gasteiger partial charge in [-0.1, -0.05) is 46.0 Å². The molecule has 0 saturated heterocycles. The van der Waals surface area contributed by atoms with E-state index < -0.39 is 0 Å². The van der Waals surface area contributed by atoms with Crippen molar-refractivity contribution < 1.29 is 14.3 Å². The zero-order valence-corrected chi connectivity index (χ0v) is 16.1. The Morgan fingerprint density at radius 2 is 1.65 bits per heavy atom. The Morgan fingerprint density at radius 3 is 2.22 bits per heavy atom. The Labute approximate surface area is 143 Å². The van der Waals surface area contributed by atoms with Crippen molar-refractivity contribution in [1.82, 2.24) is 4.90 Å². The smallest absolute Gasteiger partial charge is 0.306 e. The van der Waals surface area contributed by atoms with Crippen LogP contribution in [-0.4, -0.2) is 51.3 Å². The van der Waals surface area contributed by atoms with E-state index in [2.05, 4.69) is 18.7 Å². The van der Waals surface area contributed by atoms with Crippen molar-refractivity contribution in [1.29, 1.82) is 0 Å². The number of ether oxygens (including phenoxy) is 2. The number of hydrogen-bond acceptors (Lipinski definition) is 4. The Kier molecular flexibility index (Phi) is 14.6. The molecule has 0 heterocycles. The fourth-order valence-electron chi connectivity index (χ4n) is 2.83. The monoisotopic (exact) mass is 329 g/mol. The summed E-state index contributed by atoms with van der Waals surface area (Å²) in [6, 6.07) is 0. The summed E-state index contributed by atoms with van der Waals surface area (Å²) in [6.45, 7) is 5.98. The van der Waals surface area contributed by atoms with Crippen LogP contribution in [0.15, 0.2) is 0 Å². The first-order valence-corrected chi connectivity index (χ1v) is 9.36. The molecule has 0 aliphatic rings. The van der Waals surface area contributed by atoms with Gasteiger partial charge in [0.25, 0.3) is 0 Å². The van der Waals surface area contributed by atoms with Crippen LogP contribution in [0.5, 0.6) is 0 Å². The minimum Gasteiger partial charge on any atom is -0.460 e. The van der Waals surface area contributed by atoms with E-state index in [1.54, 1.807) is 7.11 Å². The third-order valence-corrected chi connectivity index (χ3v) is 4.43. The van der Waals surface area contributed by atoms with Crippen LogP contribution in [0.4, 0.5) is 0 Å². The van der Waals surface area contributed by atoms with Gasteiger partial charge in [-0.3, -0.25) is 4.79 Å². The third kappa shape index (κ3) is 13.5. The third-order valence-electron chi connectivity index (χ3n) is 4.43. The Balaban J connectivity index is 3.86. The number of hydrogen-bond donors (Lipinski definition) is 0. The quantitative estimate of drug-likeness (QED) is 0.332. The molecule has 4 heteroatoms. The molecule has 1 atom stereocenters. The molecule has 138 valence electrons. The van der Waals surface area contributed by atoms with Crippen molar-refractivity contribution in [3.05, 3.63) is 0 Å². The molecule has 23 heavy (non-hydrogen) atoms. The van der Waals surface area contributed by atoms with E-state index in [1.807, 2.05) is 14.1 Å². The van der Waals surface area contributed by atoms with Crippen LogP contribution in [0.3, 0.4) is 0 Å². The molecule has 0 radical (unpaired) electrons. The van der Waals surface area contributed by atoms with E-state index in [1.165, 1.54) is 32.1 Å². The number of rotatable bonds is 15. The highest BCUT2D eigenvalue weighted by atomic mass is 16.6. The molecule has 1 unspecified atom stereocenters. The molecule has 0 saturated carbocycles. The molecular weight excluding hydrogens is 290 g/mol. The van der Waals surface area contributed by atoms with Gasteiger partial charge in [0, 0.05) is 13.5 Å². The van der Waals surface area contributed by atoms with Gasteiger partial charge in [-0.15, -0.1) is 0 Å². The average Bonchev–Trinajstić information content (AvgIpc) is 2.50. The first kappa shape index (κ1) is 22.4. The first-order chi connectivity index (χ1) is 11.0. The van der Waals surface area contributed by atoms with Gasteiger partial charge in [-0.2, -0.15) is 0 Å². The molecule has 4 nitrogen and oxygen atoms in total. The van der Waals surface area contributed by atoms with Crippen molar-refractivity contribution in [3.8, 4) is 0 Å². The summed E-state index contributed by atoms with van der Waals surface area (Å²) in [6.07, 6.45) is 9.67. The van der Waals surface area contributed by atoms with E-state index in [-0.39, 0.29) is 12.1 Å². The Bertz CT molecular complexity index is 278. The summed E-state index contributed by atoms with van der Waals surface area (Å²) in [5.74, 6) is 0.783. The highest BCUT2D eigenvalue weighted by molar-refractivity contribution is 5.69. The largest absolute Gasteiger partial charge is 0.460 e. The second-order valence-corrected chi connectivity index (χ2v) is 6.79. The summed E-state index contributed by atoms with van der Waals surface area (Å²) < 4.78 is 10.8. The van der Waals surface area contributed by atoms with E-state index >= 15 is 0 Å². The molecular formula is C19H39NO3. The van der Waals surface area contributed by atoms with Gasteiger partial charge in [0.2, 0.25) is 0 Å². The lowest BCUT2D eigenvalue weighted by Gasteiger charge is -2.18. The van der Waals surface area contributed by atoms with Crippen molar-refractivity contribution in [3.63, 3.8) is 0 Å². The van der Waals surface area contributed by atoms with Crippen molar-refractivity contribution >= 4 is 5.97 Å². The molecule has 0 aromatic rings. The molecule has 0 aliphatic carbocycles. The van der Waals surface area contributed by atoms with Crippen LogP contribution >= 0.6 is 0 Å². The minimum atomic E-state index is -0.0917. The molecule has 0 spiro atoms. The van der Waals surface area contributed by atoms with Gasteiger partial charge in [0.15, 0.2) is 0 Å². The fourth-order valence-corrected chi connectivity index (χ4v) is 2.83. The van der Waals surface area contributed by atoms with Gasteiger partial charge in [-0.25, -0.2) is 0 Å². The Morgan fingerprint density at radius 1 is 1.00 bits per heavy atom. The van der Waals surface area contributed by atoms with E-state index in [9.17, 15) is 4.79 Å². The highest BCUT2D eigenvalue weighted by Crippen LogP contribution is 2.18. The maximum absolute atomic E-state index is 11.9. The van der Waals surface area contributed by atoms with Crippen LogP contribution in [0.25, 0.3) is 0 Å². The zero-order valence-electron chi connectivity index (χ0n) is 16.1. The van der Waals surface area contributed by atoms with Crippen LogP contribution in [0.2, 0.25) is 0 Å². The Hall–Kier alpha value is -0.610. The van der Waals surface area contributed by atoms with Crippen LogP contribution in [0, 0.1) is 5.92 Å². The first-order valence-electron chi connectivity index (χ1n) is 9.36. The summed E-state index contributed by atoms with van der Waals surface area (Å²) in [4.78, 5) is 14.0. The number of esters is 1. The number of carbonyl (C=O) groups is 1. The van der Waals surface area contributed by atoms with Crippen molar-refractivity contribution in [2.75, 3.05) is 34.4 Å². The number of methoxy groups -OCH3 is 1. The van der Waals surface area contributed by atoms with Crippen LogP contribution < -0.4 is 0 Å². The molecule has 0 aliphatic heterocycles. The molecule has 0 N–H and O–H groups in total. The predicted molar refractivity (Wildman–Crippen MR) is 96.7 cm³/mol. The minimum absolute atomic E-state index is 0.0833. The van der Waals surface area contributed by atoms with Gasteiger partial charge >= 0.3 is 5.97 Å². The predicted octanol–water partition coefficient (Wildman–Crippen LogP) is 4.27. The van der Waals surface area contributed by atoms with E-state index in [0.29, 0.717) is 13.0 Å². The van der Waals surface area contributed by atoms with E-state index in [4.69, 9.17) is 9.47 Å². The maximum atomic E-state index is 11.9. The van der Waals surface area contributed by atoms with Gasteiger partial charge in [-0.05, 0) is 45.8 Å². The highest BCUT2D eigenvalue weighted by Gasteiger charge is 2.14. The lowest BCUT2D eigenvalue weighted by molar-refractivity contribution is -0.152. The SMILES string of the molecule is CCC(CC)CCCCCC(COC)OC(=O)CCCN(C)C. The number of nitrogens with zero attached hydrogens (tertiary/aromatic N) is 1. The molecule has 0 bridgehead atoms. The summed E-state index contributed by atoms with van der Waals surface area (Å²) in [5, 5.41) is 0. The number of unbranched alkanes of at least 4 members (excludes halogenated alkanes) is 2. The number of carbonyl (C=O) groups excluding carboxylic acids is 1. The summed E-state index contributed by atoms with van der Waals surface area (Å²) in [5.41, 5.74) is 0. The van der Waals surface area contributed by atoms with Crippen molar-refractivity contribution in [2.45, 2.75) is 77.7 Å². The van der Waals surface area contributed by atoms with Gasteiger partial charge in [0.1, 0.15) is 6.10 Å². The average molecular weight is 330 g/mol. The molecule has 0 fully saturated rings. The standard InChI is InChI=1S/C19H39NO3/c1-6-17(7-2)12-9-8-10-13-18(16-22-5)23-19(21)14-11-15-20(3)4/h17-18H,6-16H2,1-5H3. The molecule has 0 amide bonds. The summed E-state index contributed by atoms with van der Waals surface area (Å²) in [7, 11) is 5.70. The molecule has 0 aromatic heterocycles. The van der Waals surface area contributed by atoms with Gasteiger partial charge in [0.05, 0.1) is 6.61 Å². The second kappa shape index (κ2) is 14.9. The summed E-state index contributed by atoms with van der Waals surface area (Å²) >= 11 is 0. The topological polar surface area (TPSA) is 38.8 Å². The molecule has 0 aromatic carbocycles. The zero-order chi connectivity index (χ0) is 17.5. The van der Waals surface area contributed by atoms with Crippen molar-refractivity contribution in [2.24, 2.45) is 5.92 Å². The maximum Gasteiger partial charge on any atom is 0.306 e. The second-order valence-electron chi connectivity index (χ2n) is 6.79. The fraction of sp³-hybridized carbons (Fsp3) is 0.947. The van der Waals surface area contributed by atoms with Crippen LogP contribution in [-0.2, 0) is 14.3 Å². The lowest BCUT2D eigenvalue weighted by atomic mass is 9.95. The van der Waals surface area contributed by atoms with Gasteiger partial charge < -0.3 is 14.4 Å².